The molecule has 92 valence electrons. The number of primary amides is 1. The fraction of sp³-hybridized carbons (Fsp3) is 0.583. The predicted octanol–water partition coefficient (Wildman–Crippen LogP) is 0.566. The quantitative estimate of drug-likeness (QED) is 0.416. The van der Waals surface area contributed by atoms with Crippen LogP contribution in [0.25, 0.3) is 0 Å². The fourth-order valence-corrected chi connectivity index (χ4v) is 2.77. The molecule has 1 fully saturated rings. The molecule has 0 aromatic rings. The topological polar surface area (TPSA) is 84.6 Å². The van der Waals surface area contributed by atoms with Crippen LogP contribution >= 0.6 is 0 Å². The molecule has 0 aromatic heterocycles. The van der Waals surface area contributed by atoms with Crippen LogP contribution in [0.5, 0.6) is 0 Å². The Morgan fingerprint density at radius 3 is 2.82 bits per heavy atom. The van der Waals surface area contributed by atoms with Gasteiger partial charge in [-0.1, -0.05) is 19.9 Å². The second kappa shape index (κ2) is 3.98. The number of fused-ring (bicyclic) bond motifs is 1. The molecule has 3 aliphatic rings. The zero-order chi connectivity index (χ0) is 12.6. The Labute approximate surface area is 100 Å². The lowest BCUT2D eigenvalue weighted by molar-refractivity contribution is -0.137. The van der Waals surface area contributed by atoms with Gasteiger partial charge in [-0.3, -0.25) is 9.59 Å². The van der Waals surface area contributed by atoms with Gasteiger partial charge in [-0.05, 0) is 35.7 Å². The van der Waals surface area contributed by atoms with Gasteiger partial charge in [-0.15, -0.1) is 0 Å². The number of hydrogen-bond donors (Lipinski definition) is 2. The molecule has 0 radical (unpaired) electrons. The van der Waals surface area contributed by atoms with Gasteiger partial charge >= 0.3 is 11.8 Å². The van der Waals surface area contributed by atoms with Crippen molar-refractivity contribution >= 4 is 18.0 Å². The average Bonchev–Trinajstić information content (AvgIpc) is 2.28. The van der Waals surface area contributed by atoms with Gasteiger partial charge in [0.15, 0.2) is 0 Å². The highest BCUT2D eigenvalue weighted by molar-refractivity contribution is 6.34. The van der Waals surface area contributed by atoms with Crippen LogP contribution in [0.2, 0.25) is 0 Å². The van der Waals surface area contributed by atoms with Gasteiger partial charge in [0.1, 0.15) is 0 Å². The van der Waals surface area contributed by atoms with Crippen LogP contribution in [0.4, 0.5) is 0 Å². The fourth-order valence-electron chi connectivity index (χ4n) is 2.77. The number of amides is 2. The Balaban J connectivity index is 1.96. The first-order valence-corrected chi connectivity index (χ1v) is 5.76. The second-order valence-electron chi connectivity index (χ2n) is 5.31. The molecule has 0 aliphatic heterocycles. The molecule has 0 saturated heterocycles. The van der Waals surface area contributed by atoms with E-state index in [2.05, 4.69) is 30.5 Å². The van der Waals surface area contributed by atoms with Crippen molar-refractivity contribution in [3.63, 3.8) is 0 Å². The van der Waals surface area contributed by atoms with Gasteiger partial charge in [-0.25, -0.2) is 5.43 Å². The summed E-state index contributed by atoms with van der Waals surface area (Å²) in [5.41, 5.74) is 8.37. The highest BCUT2D eigenvalue weighted by Gasteiger charge is 2.50. The molecule has 0 heterocycles. The third-order valence-corrected chi connectivity index (χ3v) is 4.11. The molecular formula is C12H17N3O2. The number of carbonyl (C=O) groups is 2. The largest absolute Gasteiger partial charge is 0.361 e. The van der Waals surface area contributed by atoms with E-state index >= 15 is 0 Å². The summed E-state index contributed by atoms with van der Waals surface area (Å²) in [7, 11) is 0. The molecule has 3 rings (SSSR count). The minimum absolute atomic E-state index is 0.323. The van der Waals surface area contributed by atoms with E-state index in [4.69, 9.17) is 5.73 Å². The van der Waals surface area contributed by atoms with Crippen molar-refractivity contribution in [1.82, 2.24) is 5.43 Å². The van der Waals surface area contributed by atoms with Gasteiger partial charge < -0.3 is 5.73 Å². The molecule has 3 aliphatic carbocycles. The molecule has 2 atom stereocenters. The molecule has 5 heteroatoms. The number of rotatable bonds is 2. The van der Waals surface area contributed by atoms with Crippen molar-refractivity contribution in [2.45, 2.75) is 26.7 Å². The number of hydrogen-bond acceptors (Lipinski definition) is 3. The number of allylic oxidation sites excluding steroid dienone is 2. The van der Waals surface area contributed by atoms with Crippen LogP contribution < -0.4 is 11.2 Å². The maximum absolute atomic E-state index is 10.9. The average molecular weight is 235 g/mol. The molecule has 2 amide bonds. The lowest BCUT2D eigenvalue weighted by atomic mass is 9.49. The lowest BCUT2D eigenvalue weighted by Gasteiger charge is -2.55. The van der Waals surface area contributed by atoms with Crippen molar-refractivity contribution in [3.05, 3.63) is 11.6 Å². The molecule has 0 aromatic carbocycles. The maximum Gasteiger partial charge on any atom is 0.329 e. The van der Waals surface area contributed by atoms with Crippen molar-refractivity contribution in [1.29, 1.82) is 0 Å². The normalized spacial score (nSPS) is 29.4. The van der Waals surface area contributed by atoms with E-state index in [0.717, 1.165) is 17.9 Å². The summed E-state index contributed by atoms with van der Waals surface area (Å²) in [6.45, 7) is 4.52. The van der Waals surface area contributed by atoms with E-state index in [1.807, 2.05) is 0 Å². The third kappa shape index (κ3) is 1.97. The Kier molecular flexibility index (Phi) is 2.77. The van der Waals surface area contributed by atoms with Crippen LogP contribution in [-0.2, 0) is 9.59 Å². The third-order valence-electron chi connectivity index (χ3n) is 4.11. The van der Waals surface area contributed by atoms with E-state index in [9.17, 15) is 9.59 Å². The Morgan fingerprint density at radius 2 is 2.29 bits per heavy atom. The summed E-state index contributed by atoms with van der Waals surface area (Å²) < 4.78 is 0. The number of carbonyl (C=O) groups excluding carboxylic acids is 2. The summed E-state index contributed by atoms with van der Waals surface area (Å²) in [5, 5.41) is 3.76. The van der Waals surface area contributed by atoms with Crippen LogP contribution in [0, 0.1) is 17.3 Å². The SMILES string of the molecule is CC1(C)[C@H]2CC=C(C=NNC(=O)C(N)=O)[C@H]1C2. The molecule has 0 spiro atoms. The lowest BCUT2D eigenvalue weighted by Crippen LogP contribution is -2.48. The summed E-state index contributed by atoms with van der Waals surface area (Å²) in [6.07, 6.45) is 6.04. The number of nitrogens with one attached hydrogen (secondary N) is 1. The van der Waals surface area contributed by atoms with Crippen LogP contribution in [0.15, 0.2) is 16.8 Å². The van der Waals surface area contributed by atoms with Gasteiger partial charge in [0.05, 0.1) is 6.21 Å². The monoisotopic (exact) mass is 235 g/mol. The van der Waals surface area contributed by atoms with Gasteiger partial charge in [0.25, 0.3) is 0 Å². The van der Waals surface area contributed by atoms with Crippen molar-refractivity contribution in [2.24, 2.45) is 28.1 Å². The van der Waals surface area contributed by atoms with Gasteiger partial charge in [-0.2, -0.15) is 5.10 Å². The smallest absolute Gasteiger partial charge is 0.329 e. The predicted molar refractivity (Wildman–Crippen MR) is 63.9 cm³/mol. The minimum Gasteiger partial charge on any atom is -0.361 e. The first-order chi connectivity index (χ1) is 7.93. The molecule has 3 N–H and O–H groups in total. The van der Waals surface area contributed by atoms with E-state index in [0.29, 0.717) is 11.3 Å². The van der Waals surface area contributed by atoms with Crippen LogP contribution in [-0.4, -0.2) is 18.0 Å². The van der Waals surface area contributed by atoms with E-state index in [1.165, 1.54) is 6.42 Å². The Morgan fingerprint density at radius 1 is 1.59 bits per heavy atom. The van der Waals surface area contributed by atoms with Crippen molar-refractivity contribution in [2.75, 3.05) is 0 Å². The summed E-state index contributed by atoms with van der Waals surface area (Å²) >= 11 is 0. The molecule has 17 heavy (non-hydrogen) atoms. The molecule has 2 bridgehead atoms. The van der Waals surface area contributed by atoms with E-state index in [1.54, 1.807) is 6.21 Å². The first-order valence-electron chi connectivity index (χ1n) is 5.76. The number of hydrazone groups is 1. The second-order valence-corrected chi connectivity index (χ2v) is 5.31. The van der Waals surface area contributed by atoms with Crippen LogP contribution in [0.1, 0.15) is 26.7 Å². The standard InChI is InChI=1S/C12H17N3O2/c1-12(2)8-4-3-7(9(12)5-8)6-14-15-11(17)10(13)16/h3,6,8-9H,4-5H2,1-2H3,(H2,13,16)(H,15,17)/t8-,9+/m0/s1. The maximum atomic E-state index is 10.9. The summed E-state index contributed by atoms with van der Waals surface area (Å²) in [4.78, 5) is 21.4. The zero-order valence-corrected chi connectivity index (χ0v) is 10.1. The Hall–Kier alpha value is -1.65. The van der Waals surface area contributed by atoms with Gasteiger partial charge in [0, 0.05) is 0 Å². The Bertz CT molecular complexity index is 423. The highest BCUT2D eigenvalue weighted by atomic mass is 16.2. The molecule has 0 unspecified atom stereocenters. The molecule has 1 saturated carbocycles. The van der Waals surface area contributed by atoms with Gasteiger partial charge in [0.2, 0.25) is 0 Å². The van der Waals surface area contributed by atoms with Crippen molar-refractivity contribution < 1.29 is 9.59 Å². The molecular weight excluding hydrogens is 218 g/mol. The van der Waals surface area contributed by atoms with E-state index in [-0.39, 0.29) is 0 Å². The molecule has 5 nitrogen and oxygen atoms in total. The summed E-state index contributed by atoms with van der Waals surface area (Å²) in [5.74, 6) is -0.632. The van der Waals surface area contributed by atoms with Crippen LogP contribution in [0.3, 0.4) is 0 Å². The number of nitrogens with zero attached hydrogens (tertiary/aromatic N) is 1. The highest BCUT2D eigenvalue weighted by Crippen LogP contribution is 2.58. The minimum atomic E-state index is -1.02. The number of nitrogens with two attached hydrogens (primary N) is 1. The van der Waals surface area contributed by atoms with Crippen molar-refractivity contribution in [3.8, 4) is 0 Å². The first kappa shape index (κ1) is 11.8. The summed E-state index contributed by atoms with van der Waals surface area (Å²) in [6, 6.07) is 0. The zero-order valence-electron chi connectivity index (χ0n) is 10.1. The van der Waals surface area contributed by atoms with E-state index < -0.39 is 11.8 Å².